The number of benzene rings is 2. The van der Waals surface area contributed by atoms with Gasteiger partial charge >= 0.3 is 0 Å². The highest BCUT2D eigenvalue weighted by atomic mass is 32.2. The van der Waals surface area contributed by atoms with Gasteiger partial charge in [-0.15, -0.1) is 5.10 Å². The first kappa shape index (κ1) is 23.4. The Balaban J connectivity index is 1.27. The Morgan fingerprint density at radius 2 is 1.71 bits per heavy atom. The molecule has 8 heteroatoms. The molecule has 0 spiro atoms. The first-order valence-corrected chi connectivity index (χ1v) is 12.9. The molecule has 5 rings (SSSR count). The highest BCUT2D eigenvalue weighted by Crippen LogP contribution is 2.26. The standard InChI is InChI=1S/C27H30N6OS/c1-18-8-7-11-24(21(18)4)31-12-14-32(15-13-31)25(34)23-10-6-5-9-22(23)17-35-27-29-26-28-19(2)16-20(3)33(26)30-27/h5-11,16H,12-15,17H2,1-4H3. The van der Waals surface area contributed by atoms with Gasteiger partial charge in [0.15, 0.2) is 0 Å². The van der Waals surface area contributed by atoms with Gasteiger partial charge in [0.05, 0.1) is 0 Å². The molecule has 2 aromatic heterocycles. The first-order chi connectivity index (χ1) is 16.9. The first-order valence-electron chi connectivity index (χ1n) is 11.9. The van der Waals surface area contributed by atoms with Crippen molar-refractivity contribution >= 4 is 29.1 Å². The largest absolute Gasteiger partial charge is 0.368 e. The molecule has 1 amide bonds. The SMILES string of the molecule is Cc1cc(C)n2nc(SCc3ccccc3C(=O)N3CCN(c4cccc(C)c4C)CC3)nc2n1. The van der Waals surface area contributed by atoms with Crippen LogP contribution < -0.4 is 4.90 Å². The van der Waals surface area contributed by atoms with Gasteiger partial charge in [-0.1, -0.05) is 42.1 Å². The molecule has 1 aliphatic heterocycles. The van der Waals surface area contributed by atoms with Gasteiger partial charge in [-0.25, -0.2) is 9.50 Å². The summed E-state index contributed by atoms with van der Waals surface area (Å²) in [4.78, 5) is 26.9. The molecule has 4 aromatic rings. The Hall–Kier alpha value is -3.39. The molecular formula is C27H30N6OS. The van der Waals surface area contributed by atoms with Crippen molar-refractivity contribution in [1.29, 1.82) is 0 Å². The van der Waals surface area contributed by atoms with E-state index in [1.807, 2.05) is 49.1 Å². The highest BCUT2D eigenvalue weighted by Gasteiger charge is 2.25. The van der Waals surface area contributed by atoms with Crippen LogP contribution in [0.15, 0.2) is 53.7 Å². The van der Waals surface area contributed by atoms with E-state index in [4.69, 9.17) is 0 Å². The Morgan fingerprint density at radius 1 is 0.943 bits per heavy atom. The molecule has 1 saturated heterocycles. The number of aryl methyl sites for hydroxylation is 3. The summed E-state index contributed by atoms with van der Waals surface area (Å²) in [5, 5.41) is 5.25. The Bertz CT molecular complexity index is 1390. The molecule has 0 bridgehead atoms. The molecule has 0 atom stereocenters. The summed E-state index contributed by atoms with van der Waals surface area (Å²) in [6.45, 7) is 11.4. The van der Waals surface area contributed by atoms with Crippen LogP contribution in [0.3, 0.4) is 0 Å². The topological polar surface area (TPSA) is 66.6 Å². The minimum absolute atomic E-state index is 0.0953. The molecule has 3 heterocycles. The van der Waals surface area contributed by atoms with Crippen LogP contribution in [0.4, 0.5) is 5.69 Å². The Morgan fingerprint density at radius 3 is 2.51 bits per heavy atom. The molecule has 1 fully saturated rings. The van der Waals surface area contributed by atoms with Crippen molar-refractivity contribution in [2.24, 2.45) is 0 Å². The van der Waals surface area contributed by atoms with E-state index in [9.17, 15) is 4.79 Å². The van der Waals surface area contributed by atoms with Crippen LogP contribution >= 0.6 is 11.8 Å². The second-order valence-corrected chi connectivity index (χ2v) is 10.0. The highest BCUT2D eigenvalue weighted by molar-refractivity contribution is 7.98. The molecule has 35 heavy (non-hydrogen) atoms. The van der Waals surface area contributed by atoms with Crippen molar-refractivity contribution in [1.82, 2.24) is 24.5 Å². The normalized spacial score (nSPS) is 14.1. The summed E-state index contributed by atoms with van der Waals surface area (Å²) in [6, 6.07) is 16.3. The van der Waals surface area contributed by atoms with Crippen molar-refractivity contribution in [2.45, 2.75) is 38.6 Å². The van der Waals surface area contributed by atoms with Gasteiger partial charge in [0.25, 0.3) is 11.7 Å². The predicted octanol–water partition coefficient (Wildman–Crippen LogP) is 4.61. The number of carbonyl (C=O) groups excluding carboxylic acids is 1. The molecule has 0 radical (unpaired) electrons. The fraction of sp³-hybridized carbons (Fsp3) is 0.333. The summed E-state index contributed by atoms with van der Waals surface area (Å²) < 4.78 is 1.77. The smallest absolute Gasteiger partial charge is 0.254 e. The third kappa shape index (κ3) is 4.75. The fourth-order valence-corrected chi connectivity index (χ4v) is 5.43. The van der Waals surface area contributed by atoms with Crippen LogP contribution in [0.25, 0.3) is 5.78 Å². The number of fused-ring (bicyclic) bond motifs is 1. The van der Waals surface area contributed by atoms with E-state index in [0.29, 0.717) is 29.8 Å². The van der Waals surface area contributed by atoms with Gasteiger partial charge in [-0.05, 0) is 62.6 Å². The van der Waals surface area contributed by atoms with Crippen molar-refractivity contribution in [3.63, 3.8) is 0 Å². The number of hydrogen-bond donors (Lipinski definition) is 0. The summed E-state index contributed by atoms with van der Waals surface area (Å²) in [5.41, 5.74) is 7.57. The van der Waals surface area contributed by atoms with Gasteiger partial charge in [0.1, 0.15) is 0 Å². The number of rotatable bonds is 5. The lowest BCUT2D eigenvalue weighted by Gasteiger charge is -2.37. The van der Waals surface area contributed by atoms with Gasteiger partial charge in [-0.2, -0.15) is 4.98 Å². The number of piperazine rings is 1. The Kier molecular flexibility index (Phi) is 6.47. The summed E-state index contributed by atoms with van der Waals surface area (Å²) in [6.07, 6.45) is 0. The molecule has 1 aliphatic rings. The lowest BCUT2D eigenvalue weighted by Crippen LogP contribution is -2.49. The summed E-state index contributed by atoms with van der Waals surface area (Å²) >= 11 is 1.53. The van der Waals surface area contributed by atoms with Crippen LogP contribution in [0.1, 0.15) is 38.4 Å². The molecule has 0 N–H and O–H groups in total. The third-order valence-electron chi connectivity index (χ3n) is 6.69. The maximum Gasteiger partial charge on any atom is 0.254 e. The average molecular weight is 487 g/mol. The minimum Gasteiger partial charge on any atom is -0.368 e. The number of thioether (sulfide) groups is 1. The third-order valence-corrected chi connectivity index (χ3v) is 7.57. The number of aromatic nitrogens is 4. The lowest BCUT2D eigenvalue weighted by atomic mass is 10.1. The van der Waals surface area contributed by atoms with E-state index in [1.165, 1.54) is 28.6 Å². The number of amides is 1. The predicted molar refractivity (Wildman–Crippen MR) is 140 cm³/mol. The molecule has 0 unspecified atom stereocenters. The van der Waals surface area contributed by atoms with Gasteiger partial charge < -0.3 is 9.80 Å². The maximum absolute atomic E-state index is 13.5. The van der Waals surface area contributed by atoms with Gasteiger partial charge in [0, 0.05) is 54.6 Å². The van der Waals surface area contributed by atoms with E-state index >= 15 is 0 Å². The van der Waals surface area contributed by atoms with E-state index < -0.39 is 0 Å². The van der Waals surface area contributed by atoms with Crippen LogP contribution in [0.2, 0.25) is 0 Å². The number of carbonyl (C=O) groups is 1. The van der Waals surface area contributed by atoms with E-state index in [-0.39, 0.29) is 5.91 Å². The van der Waals surface area contributed by atoms with Crippen LogP contribution in [-0.2, 0) is 5.75 Å². The van der Waals surface area contributed by atoms with Crippen LogP contribution in [-0.4, -0.2) is 56.6 Å². The maximum atomic E-state index is 13.5. The summed E-state index contributed by atoms with van der Waals surface area (Å²) in [5.74, 6) is 1.33. The minimum atomic E-state index is 0.0953. The quantitative estimate of drug-likeness (QED) is 0.384. The van der Waals surface area contributed by atoms with Crippen molar-refractivity contribution in [2.75, 3.05) is 31.1 Å². The van der Waals surface area contributed by atoms with E-state index in [0.717, 1.165) is 35.6 Å². The van der Waals surface area contributed by atoms with Crippen LogP contribution in [0, 0.1) is 27.7 Å². The fourth-order valence-electron chi connectivity index (χ4n) is 4.61. The van der Waals surface area contributed by atoms with Crippen molar-refractivity contribution in [3.8, 4) is 0 Å². The van der Waals surface area contributed by atoms with Crippen molar-refractivity contribution < 1.29 is 4.79 Å². The summed E-state index contributed by atoms with van der Waals surface area (Å²) in [7, 11) is 0. The monoisotopic (exact) mass is 486 g/mol. The second kappa shape index (κ2) is 9.70. The number of anilines is 1. The zero-order chi connectivity index (χ0) is 24.5. The van der Waals surface area contributed by atoms with Crippen molar-refractivity contribution in [3.05, 3.63) is 82.2 Å². The molecule has 7 nitrogen and oxygen atoms in total. The molecule has 2 aromatic carbocycles. The molecular weight excluding hydrogens is 456 g/mol. The van der Waals surface area contributed by atoms with Gasteiger partial charge in [-0.3, -0.25) is 4.79 Å². The van der Waals surface area contributed by atoms with E-state index in [1.54, 1.807) is 4.52 Å². The van der Waals surface area contributed by atoms with Gasteiger partial charge in [0.2, 0.25) is 5.16 Å². The number of hydrogen-bond acceptors (Lipinski definition) is 6. The molecule has 180 valence electrons. The Labute approximate surface area is 210 Å². The zero-order valence-corrected chi connectivity index (χ0v) is 21.5. The number of nitrogens with zero attached hydrogens (tertiary/aromatic N) is 6. The molecule has 0 saturated carbocycles. The lowest BCUT2D eigenvalue weighted by molar-refractivity contribution is 0.0746. The molecule has 0 aliphatic carbocycles. The second-order valence-electron chi connectivity index (χ2n) is 9.09. The average Bonchev–Trinajstić information content (AvgIpc) is 3.28. The van der Waals surface area contributed by atoms with E-state index in [2.05, 4.69) is 52.0 Å². The zero-order valence-electron chi connectivity index (χ0n) is 20.7. The van der Waals surface area contributed by atoms with Crippen LogP contribution in [0.5, 0.6) is 0 Å².